The van der Waals surface area contributed by atoms with Crippen molar-refractivity contribution in [2.75, 3.05) is 5.32 Å². The zero-order valence-corrected chi connectivity index (χ0v) is 11.0. The van der Waals surface area contributed by atoms with Crippen molar-refractivity contribution < 1.29 is 4.79 Å². The number of aryl methyl sites for hydroxylation is 1. The van der Waals surface area contributed by atoms with Crippen molar-refractivity contribution in [3.63, 3.8) is 0 Å². The van der Waals surface area contributed by atoms with Crippen molar-refractivity contribution in [3.8, 4) is 11.4 Å². The molecule has 1 aliphatic rings. The van der Waals surface area contributed by atoms with Crippen LogP contribution in [0.2, 0.25) is 0 Å². The van der Waals surface area contributed by atoms with E-state index in [1.807, 2.05) is 31.3 Å². The largest absolute Gasteiger partial charge is 0.326 e. The number of anilines is 1. The Labute approximate surface area is 111 Å². The van der Waals surface area contributed by atoms with Gasteiger partial charge < -0.3 is 5.32 Å². The van der Waals surface area contributed by atoms with Crippen molar-refractivity contribution in [1.82, 2.24) is 14.8 Å². The Hall–Kier alpha value is -2.17. The van der Waals surface area contributed by atoms with E-state index in [0.29, 0.717) is 11.7 Å². The van der Waals surface area contributed by atoms with Gasteiger partial charge in [0.15, 0.2) is 5.82 Å². The molecule has 0 radical (unpaired) electrons. The van der Waals surface area contributed by atoms with E-state index in [1.54, 1.807) is 11.0 Å². The summed E-state index contributed by atoms with van der Waals surface area (Å²) in [7, 11) is 1.83. The molecule has 5 nitrogen and oxygen atoms in total. The number of benzene rings is 1. The fraction of sp³-hybridized carbons (Fsp3) is 0.357. The molecule has 0 spiro atoms. The van der Waals surface area contributed by atoms with Crippen LogP contribution in [-0.2, 0) is 11.8 Å². The van der Waals surface area contributed by atoms with E-state index in [2.05, 4.69) is 22.3 Å². The van der Waals surface area contributed by atoms with Crippen molar-refractivity contribution >= 4 is 11.6 Å². The van der Waals surface area contributed by atoms with Gasteiger partial charge in [-0.3, -0.25) is 9.48 Å². The Morgan fingerprint density at radius 1 is 1.47 bits per heavy atom. The van der Waals surface area contributed by atoms with Crippen LogP contribution >= 0.6 is 0 Å². The lowest BCUT2D eigenvalue weighted by atomic mass is 10.2. The monoisotopic (exact) mass is 256 g/mol. The first kappa shape index (κ1) is 11.9. The normalized spacial score (nSPS) is 21.2. The van der Waals surface area contributed by atoms with Gasteiger partial charge in [-0.05, 0) is 24.5 Å². The lowest BCUT2D eigenvalue weighted by Gasteiger charge is -2.05. The molecule has 5 heteroatoms. The van der Waals surface area contributed by atoms with Crippen LogP contribution in [0.1, 0.15) is 13.3 Å². The third kappa shape index (κ3) is 2.50. The maximum atomic E-state index is 11.9. The van der Waals surface area contributed by atoms with Gasteiger partial charge in [-0.25, -0.2) is 4.98 Å². The van der Waals surface area contributed by atoms with Gasteiger partial charge in [-0.15, -0.1) is 0 Å². The highest BCUT2D eigenvalue weighted by Crippen LogP contribution is 2.38. The maximum Gasteiger partial charge on any atom is 0.227 e. The molecule has 1 saturated carbocycles. The highest BCUT2D eigenvalue weighted by molar-refractivity contribution is 5.94. The summed E-state index contributed by atoms with van der Waals surface area (Å²) in [6.07, 6.45) is 2.65. The SMILES string of the molecule is C[C@H]1C[C@H]1C(=O)Nc1cccc(-c2ncn(C)n2)c1. The zero-order chi connectivity index (χ0) is 13.4. The summed E-state index contributed by atoms with van der Waals surface area (Å²) < 4.78 is 1.66. The minimum Gasteiger partial charge on any atom is -0.326 e. The average molecular weight is 256 g/mol. The fourth-order valence-electron chi connectivity index (χ4n) is 2.13. The summed E-state index contributed by atoms with van der Waals surface area (Å²) in [6.45, 7) is 2.10. The molecule has 0 bridgehead atoms. The molecule has 19 heavy (non-hydrogen) atoms. The molecule has 1 N–H and O–H groups in total. The second kappa shape index (κ2) is 4.50. The Balaban J connectivity index is 1.78. The Morgan fingerprint density at radius 2 is 2.26 bits per heavy atom. The van der Waals surface area contributed by atoms with E-state index < -0.39 is 0 Å². The Morgan fingerprint density at radius 3 is 2.89 bits per heavy atom. The number of carbonyl (C=O) groups is 1. The van der Waals surface area contributed by atoms with Gasteiger partial charge in [0.25, 0.3) is 0 Å². The predicted octanol–water partition coefficient (Wildman–Crippen LogP) is 2.08. The third-order valence-corrected chi connectivity index (χ3v) is 3.43. The van der Waals surface area contributed by atoms with Gasteiger partial charge >= 0.3 is 0 Å². The number of aromatic nitrogens is 3. The molecule has 3 rings (SSSR count). The van der Waals surface area contributed by atoms with Gasteiger partial charge in [-0.1, -0.05) is 19.1 Å². The molecular weight excluding hydrogens is 240 g/mol. The summed E-state index contributed by atoms with van der Waals surface area (Å²) in [5, 5.41) is 7.20. The molecule has 1 amide bonds. The van der Waals surface area contributed by atoms with Crippen LogP contribution in [0.3, 0.4) is 0 Å². The van der Waals surface area contributed by atoms with Gasteiger partial charge in [0.1, 0.15) is 6.33 Å². The van der Waals surface area contributed by atoms with Gasteiger partial charge in [0, 0.05) is 24.2 Å². The Kier molecular flexibility index (Phi) is 2.81. The molecule has 1 fully saturated rings. The smallest absolute Gasteiger partial charge is 0.227 e. The fourth-order valence-corrected chi connectivity index (χ4v) is 2.13. The standard InChI is InChI=1S/C14H16N4O/c1-9-6-12(9)14(19)16-11-5-3-4-10(7-11)13-15-8-18(2)17-13/h3-5,7-9,12H,6H2,1-2H3,(H,16,19)/t9-,12+/m0/s1. The first-order valence-electron chi connectivity index (χ1n) is 6.40. The summed E-state index contributed by atoms with van der Waals surface area (Å²) in [4.78, 5) is 16.1. The minimum atomic E-state index is 0.110. The molecular formula is C14H16N4O. The molecule has 0 unspecified atom stereocenters. The molecule has 2 aromatic rings. The summed E-state index contributed by atoms with van der Waals surface area (Å²) >= 11 is 0. The second-order valence-corrected chi connectivity index (χ2v) is 5.13. The van der Waals surface area contributed by atoms with Crippen molar-refractivity contribution in [2.45, 2.75) is 13.3 Å². The van der Waals surface area contributed by atoms with E-state index in [4.69, 9.17) is 0 Å². The lowest BCUT2D eigenvalue weighted by Crippen LogP contribution is -2.14. The lowest BCUT2D eigenvalue weighted by molar-refractivity contribution is -0.117. The maximum absolute atomic E-state index is 11.9. The number of rotatable bonds is 3. The summed E-state index contributed by atoms with van der Waals surface area (Å²) in [5.41, 5.74) is 1.70. The molecule has 1 aromatic heterocycles. The van der Waals surface area contributed by atoms with Crippen LogP contribution < -0.4 is 5.32 Å². The molecule has 0 saturated heterocycles. The molecule has 1 heterocycles. The third-order valence-electron chi connectivity index (χ3n) is 3.43. The summed E-state index contributed by atoms with van der Waals surface area (Å²) in [5.74, 6) is 1.47. The van der Waals surface area contributed by atoms with Gasteiger partial charge in [-0.2, -0.15) is 5.10 Å². The Bertz CT molecular complexity index is 619. The average Bonchev–Trinajstić information content (AvgIpc) is 2.96. The van der Waals surface area contributed by atoms with Crippen LogP contribution in [0.25, 0.3) is 11.4 Å². The van der Waals surface area contributed by atoms with Crippen molar-refractivity contribution in [2.24, 2.45) is 18.9 Å². The van der Waals surface area contributed by atoms with Crippen LogP contribution in [0.5, 0.6) is 0 Å². The molecule has 98 valence electrons. The zero-order valence-electron chi connectivity index (χ0n) is 11.0. The van der Waals surface area contributed by atoms with Crippen molar-refractivity contribution in [1.29, 1.82) is 0 Å². The van der Waals surface area contributed by atoms with E-state index in [1.165, 1.54) is 0 Å². The van der Waals surface area contributed by atoms with Gasteiger partial charge in [0.05, 0.1) is 0 Å². The molecule has 1 aliphatic carbocycles. The molecule has 0 aliphatic heterocycles. The number of amides is 1. The molecule has 1 aromatic carbocycles. The second-order valence-electron chi connectivity index (χ2n) is 5.13. The number of nitrogens with zero attached hydrogens (tertiary/aromatic N) is 3. The molecule has 2 atom stereocenters. The number of hydrogen-bond donors (Lipinski definition) is 1. The van der Waals surface area contributed by atoms with E-state index in [0.717, 1.165) is 17.7 Å². The summed E-state index contributed by atoms with van der Waals surface area (Å²) in [6, 6.07) is 7.63. The minimum absolute atomic E-state index is 0.110. The first-order chi connectivity index (χ1) is 9.13. The predicted molar refractivity (Wildman–Crippen MR) is 72.3 cm³/mol. The van der Waals surface area contributed by atoms with E-state index in [-0.39, 0.29) is 11.8 Å². The quantitative estimate of drug-likeness (QED) is 0.914. The van der Waals surface area contributed by atoms with Crippen molar-refractivity contribution in [3.05, 3.63) is 30.6 Å². The van der Waals surface area contributed by atoms with Gasteiger partial charge in [0.2, 0.25) is 5.91 Å². The number of carbonyl (C=O) groups excluding carboxylic acids is 1. The topological polar surface area (TPSA) is 59.8 Å². The van der Waals surface area contributed by atoms with Crippen LogP contribution in [-0.4, -0.2) is 20.7 Å². The van der Waals surface area contributed by atoms with Crippen LogP contribution in [0.15, 0.2) is 30.6 Å². The number of hydrogen-bond acceptors (Lipinski definition) is 3. The first-order valence-corrected chi connectivity index (χ1v) is 6.40. The van der Waals surface area contributed by atoms with E-state index >= 15 is 0 Å². The highest BCUT2D eigenvalue weighted by atomic mass is 16.2. The number of nitrogens with one attached hydrogen (secondary N) is 1. The highest BCUT2D eigenvalue weighted by Gasteiger charge is 2.39. The van der Waals surface area contributed by atoms with Crippen LogP contribution in [0.4, 0.5) is 5.69 Å². The van der Waals surface area contributed by atoms with E-state index in [9.17, 15) is 4.79 Å². The van der Waals surface area contributed by atoms with Crippen LogP contribution in [0, 0.1) is 11.8 Å².